The number of hydrogen-bond donors (Lipinski definition) is 0. The van der Waals surface area contributed by atoms with Crippen LogP contribution in [0, 0.1) is 5.82 Å². The van der Waals surface area contributed by atoms with Crippen LogP contribution >= 0.6 is 0 Å². The molecule has 0 radical (unpaired) electrons. The number of aromatic nitrogens is 2. The average Bonchev–Trinajstić information content (AvgIpc) is 2.98. The topological polar surface area (TPSA) is 45.4 Å². The van der Waals surface area contributed by atoms with E-state index in [4.69, 9.17) is 4.42 Å². The number of hydrogen-bond acceptors (Lipinski definition) is 5. The molecular formula is C14H15F3N4O. The van der Waals surface area contributed by atoms with Crippen LogP contribution in [0.5, 0.6) is 0 Å². The Hall–Kier alpha value is -2.25. The molecule has 1 aromatic carbocycles. The van der Waals surface area contributed by atoms with Gasteiger partial charge in [-0.2, -0.15) is 8.78 Å². The van der Waals surface area contributed by atoms with Gasteiger partial charge >= 0.3 is 12.4 Å². The van der Waals surface area contributed by atoms with Crippen molar-refractivity contribution in [2.75, 3.05) is 29.4 Å². The minimum absolute atomic E-state index is 0.0208. The number of anilines is 2. The monoisotopic (exact) mass is 312 g/mol. The lowest BCUT2D eigenvalue weighted by molar-refractivity contribution is 0.115. The first-order valence-electron chi connectivity index (χ1n) is 6.94. The zero-order chi connectivity index (χ0) is 15.7. The summed E-state index contributed by atoms with van der Waals surface area (Å²) >= 11 is 0. The largest absolute Gasteiger partial charge is 0.402 e. The first kappa shape index (κ1) is 14.7. The summed E-state index contributed by atoms with van der Waals surface area (Å²) in [6.07, 6.45) is -2.78. The molecule has 0 bridgehead atoms. The molecule has 0 amide bonds. The van der Waals surface area contributed by atoms with Crippen LogP contribution in [-0.4, -0.2) is 35.9 Å². The van der Waals surface area contributed by atoms with Gasteiger partial charge in [-0.25, -0.2) is 4.39 Å². The molecule has 0 spiro atoms. The Morgan fingerprint density at radius 3 is 2.64 bits per heavy atom. The van der Waals surface area contributed by atoms with Crippen molar-refractivity contribution in [3.63, 3.8) is 0 Å². The molecule has 1 aromatic heterocycles. The Morgan fingerprint density at radius 2 is 2.00 bits per heavy atom. The second kappa shape index (κ2) is 5.86. The van der Waals surface area contributed by atoms with Crippen molar-refractivity contribution in [1.29, 1.82) is 0 Å². The van der Waals surface area contributed by atoms with Gasteiger partial charge in [-0.05, 0) is 19.1 Å². The molecule has 3 rings (SSSR count). The fourth-order valence-corrected chi connectivity index (χ4v) is 2.62. The molecule has 22 heavy (non-hydrogen) atoms. The molecule has 2 aromatic rings. The quantitative estimate of drug-likeness (QED) is 0.872. The molecule has 1 aliphatic heterocycles. The molecule has 1 aliphatic rings. The number of alkyl halides is 2. The van der Waals surface area contributed by atoms with Crippen LogP contribution in [0.1, 0.15) is 19.2 Å². The van der Waals surface area contributed by atoms with E-state index in [0.29, 0.717) is 25.3 Å². The van der Waals surface area contributed by atoms with Crippen molar-refractivity contribution in [2.45, 2.75) is 19.4 Å². The summed E-state index contributed by atoms with van der Waals surface area (Å²) in [7, 11) is 0. The number of nitrogens with zero attached hydrogens (tertiary/aromatic N) is 4. The molecule has 2 heterocycles. The van der Waals surface area contributed by atoms with Crippen molar-refractivity contribution in [2.24, 2.45) is 0 Å². The van der Waals surface area contributed by atoms with Gasteiger partial charge in [0, 0.05) is 25.7 Å². The second-order valence-electron chi connectivity index (χ2n) is 5.16. The molecule has 0 aliphatic carbocycles. The van der Waals surface area contributed by atoms with Gasteiger partial charge in [0.25, 0.3) is 5.89 Å². The SMILES string of the molecule is CC1CN(c2nnc(C(F)F)o2)CCN1c1ccccc1F. The molecule has 1 unspecified atom stereocenters. The van der Waals surface area contributed by atoms with Crippen LogP contribution in [0.15, 0.2) is 28.7 Å². The van der Waals surface area contributed by atoms with E-state index in [9.17, 15) is 13.2 Å². The van der Waals surface area contributed by atoms with E-state index in [1.165, 1.54) is 6.07 Å². The molecule has 1 saturated heterocycles. The van der Waals surface area contributed by atoms with Gasteiger partial charge in [0.2, 0.25) is 0 Å². The van der Waals surface area contributed by atoms with Crippen LogP contribution in [-0.2, 0) is 0 Å². The summed E-state index contributed by atoms with van der Waals surface area (Å²) in [5.41, 5.74) is 0.536. The first-order chi connectivity index (χ1) is 10.6. The van der Waals surface area contributed by atoms with Gasteiger partial charge < -0.3 is 14.2 Å². The van der Waals surface area contributed by atoms with Gasteiger partial charge in [0.1, 0.15) is 5.82 Å². The molecule has 0 saturated carbocycles. The van der Waals surface area contributed by atoms with E-state index in [1.807, 2.05) is 11.8 Å². The Labute approximate surface area is 125 Å². The molecular weight excluding hydrogens is 297 g/mol. The van der Waals surface area contributed by atoms with Crippen LogP contribution < -0.4 is 9.80 Å². The van der Waals surface area contributed by atoms with Gasteiger partial charge in [-0.15, -0.1) is 5.10 Å². The smallest absolute Gasteiger partial charge is 0.318 e. The highest BCUT2D eigenvalue weighted by atomic mass is 19.3. The van der Waals surface area contributed by atoms with Crippen molar-refractivity contribution in [1.82, 2.24) is 10.2 Å². The number of rotatable bonds is 3. The highest BCUT2D eigenvalue weighted by Gasteiger charge is 2.29. The molecule has 8 heteroatoms. The lowest BCUT2D eigenvalue weighted by Crippen LogP contribution is -2.52. The van der Waals surface area contributed by atoms with Crippen molar-refractivity contribution in [3.8, 4) is 0 Å². The highest BCUT2D eigenvalue weighted by molar-refractivity contribution is 5.50. The number of para-hydroxylation sites is 1. The molecule has 0 N–H and O–H groups in total. The van der Waals surface area contributed by atoms with E-state index < -0.39 is 12.3 Å². The Balaban J connectivity index is 1.73. The maximum atomic E-state index is 13.9. The molecule has 118 valence electrons. The standard InChI is InChI=1S/C14H15F3N4O/c1-9-8-20(14-19-18-13(22-14)12(16)17)6-7-21(9)11-5-3-2-4-10(11)15/h2-5,9,12H,6-8H2,1H3. The summed E-state index contributed by atoms with van der Waals surface area (Å²) in [5.74, 6) is -0.959. The third-order valence-corrected chi connectivity index (χ3v) is 3.68. The second-order valence-corrected chi connectivity index (χ2v) is 5.16. The van der Waals surface area contributed by atoms with Gasteiger partial charge in [0.05, 0.1) is 5.69 Å². The van der Waals surface area contributed by atoms with E-state index in [1.54, 1.807) is 23.1 Å². The number of benzene rings is 1. The van der Waals surface area contributed by atoms with Crippen molar-refractivity contribution < 1.29 is 17.6 Å². The fraction of sp³-hybridized carbons (Fsp3) is 0.429. The number of piperazine rings is 1. The van der Waals surface area contributed by atoms with E-state index in [2.05, 4.69) is 10.2 Å². The lowest BCUT2D eigenvalue weighted by atomic mass is 10.1. The highest BCUT2D eigenvalue weighted by Crippen LogP contribution is 2.27. The zero-order valence-electron chi connectivity index (χ0n) is 11.9. The van der Waals surface area contributed by atoms with Crippen LogP contribution in [0.2, 0.25) is 0 Å². The lowest BCUT2D eigenvalue weighted by Gasteiger charge is -2.40. The summed E-state index contributed by atoms with van der Waals surface area (Å²) in [5, 5.41) is 6.97. The van der Waals surface area contributed by atoms with Crippen LogP contribution in [0.3, 0.4) is 0 Å². The van der Waals surface area contributed by atoms with Crippen molar-refractivity contribution in [3.05, 3.63) is 36.0 Å². The van der Waals surface area contributed by atoms with Crippen LogP contribution in [0.25, 0.3) is 0 Å². The van der Waals surface area contributed by atoms with Crippen LogP contribution in [0.4, 0.5) is 24.9 Å². The Kier molecular flexibility index (Phi) is 3.91. The van der Waals surface area contributed by atoms with Crippen molar-refractivity contribution >= 4 is 11.7 Å². The fourth-order valence-electron chi connectivity index (χ4n) is 2.62. The molecule has 5 nitrogen and oxygen atoms in total. The maximum absolute atomic E-state index is 13.9. The summed E-state index contributed by atoms with van der Waals surface area (Å²) in [6, 6.07) is 6.63. The van der Waals surface area contributed by atoms with Gasteiger partial charge in [-0.3, -0.25) is 0 Å². The molecule has 1 atom stereocenters. The van der Waals surface area contributed by atoms with E-state index in [-0.39, 0.29) is 17.9 Å². The third-order valence-electron chi connectivity index (χ3n) is 3.68. The summed E-state index contributed by atoms with van der Waals surface area (Å²) in [6.45, 7) is 3.44. The summed E-state index contributed by atoms with van der Waals surface area (Å²) < 4.78 is 43.8. The Morgan fingerprint density at radius 1 is 1.23 bits per heavy atom. The summed E-state index contributed by atoms with van der Waals surface area (Å²) in [4.78, 5) is 3.68. The normalized spacial score (nSPS) is 19.0. The van der Waals surface area contributed by atoms with Gasteiger partial charge in [0.15, 0.2) is 0 Å². The maximum Gasteiger partial charge on any atom is 0.318 e. The van der Waals surface area contributed by atoms with E-state index >= 15 is 0 Å². The average molecular weight is 312 g/mol. The predicted molar refractivity (Wildman–Crippen MR) is 74.7 cm³/mol. The Bertz CT molecular complexity index is 649. The first-order valence-corrected chi connectivity index (χ1v) is 6.94. The minimum atomic E-state index is -2.78. The third kappa shape index (κ3) is 2.72. The molecule has 1 fully saturated rings. The predicted octanol–water partition coefficient (Wildman–Crippen LogP) is 2.86. The van der Waals surface area contributed by atoms with E-state index in [0.717, 1.165) is 0 Å². The number of halogens is 3. The minimum Gasteiger partial charge on any atom is -0.402 e. The zero-order valence-corrected chi connectivity index (χ0v) is 11.9. The van der Waals surface area contributed by atoms with Gasteiger partial charge in [-0.1, -0.05) is 17.2 Å².